The van der Waals surface area contributed by atoms with Crippen LogP contribution in [-0.4, -0.2) is 50.9 Å². The van der Waals surface area contributed by atoms with Crippen LogP contribution in [0.1, 0.15) is 44.7 Å². The van der Waals surface area contributed by atoms with Gasteiger partial charge in [-0.2, -0.15) is 0 Å². The second-order valence-corrected chi connectivity index (χ2v) is 12.2. The Bertz CT molecular complexity index is 1450. The fourth-order valence-corrected chi connectivity index (χ4v) is 5.96. The van der Waals surface area contributed by atoms with Gasteiger partial charge in [0.1, 0.15) is 18.3 Å². The Labute approximate surface area is 248 Å². The van der Waals surface area contributed by atoms with E-state index in [0.29, 0.717) is 17.2 Å². The SMILES string of the molecule is CC[C@H](C)NC(=O)[C@H](CC)N(Cc1ccccc1C)C(=O)CN(c1cccc(Cl)c1)S(=O)(=O)c1ccc(OC)cc1. The molecule has 41 heavy (non-hydrogen) atoms. The number of halogens is 1. The van der Waals surface area contributed by atoms with E-state index < -0.39 is 28.5 Å². The lowest BCUT2D eigenvalue weighted by molar-refractivity contribution is -0.140. The average Bonchev–Trinajstić information content (AvgIpc) is 2.96. The maximum Gasteiger partial charge on any atom is 0.264 e. The van der Waals surface area contributed by atoms with Crippen molar-refractivity contribution in [3.63, 3.8) is 0 Å². The molecule has 0 aromatic heterocycles. The Kier molecular flexibility index (Phi) is 11.2. The molecule has 0 spiro atoms. The first-order chi connectivity index (χ1) is 19.5. The molecule has 10 heteroatoms. The molecule has 8 nitrogen and oxygen atoms in total. The summed E-state index contributed by atoms with van der Waals surface area (Å²) in [6, 6.07) is 19.0. The molecule has 0 saturated heterocycles. The van der Waals surface area contributed by atoms with Gasteiger partial charge in [0, 0.05) is 17.6 Å². The van der Waals surface area contributed by atoms with Gasteiger partial charge < -0.3 is 15.0 Å². The number of sulfonamides is 1. The summed E-state index contributed by atoms with van der Waals surface area (Å²) in [5, 5.41) is 3.30. The van der Waals surface area contributed by atoms with Gasteiger partial charge in [0.15, 0.2) is 0 Å². The Hall–Kier alpha value is -3.56. The summed E-state index contributed by atoms with van der Waals surface area (Å²) in [4.78, 5) is 29.0. The predicted molar refractivity (Wildman–Crippen MR) is 163 cm³/mol. The number of carbonyl (C=O) groups excluding carboxylic acids is 2. The van der Waals surface area contributed by atoms with Crippen molar-refractivity contribution in [2.45, 2.75) is 64.1 Å². The summed E-state index contributed by atoms with van der Waals surface area (Å²) in [6.45, 7) is 7.25. The van der Waals surface area contributed by atoms with E-state index in [4.69, 9.17) is 16.3 Å². The van der Waals surface area contributed by atoms with Crippen molar-refractivity contribution in [1.29, 1.82) is 0 Å². The molecule has 0 radical (unpaired) electrons. The number of nitrogens with zero attached hydrogens (tertiary/aromatic N) is 2. The summed E-state index contributed by atoms with van der Waals surface area (Å²) < 4.78 is 34.1. The molecule has 220 valence electrons. The highest BCUT2D eigenvalue weighted by Gasteiger charge is 2.34. The third kappa shape index (κ3) is 8.01. The number of methoxy groups -OCH3 is 1. The van der Waals surface area contributed by atoms with E-state index in [1.54, 1.807) is 30.3 Å². The molecule has 0 unspecified atom stereocenters. The molecule has 2 atom stereocenters. The van der Waals surface area contributed by atoms with Crippen LogP contribution in [0.15, 0.2) is 77.7 Å². The molecule has 3 aromatic carbocycles. The molecule has 0 saturated carbocycles. The molecule has 0 aliphatic rings. The Balaban J connectivity index is 2.07. The lowest BCUT2D eigenvalue weighted by atomic mass is 10.1. The molecule has 0 fully saturated rings. The lowest BCUT2D eigenvalue weighted by Crippen LogP contribution is -2.53. The Morgan fingerprint density at radius 1 is 0.976 bits per heavy atom. The zero-order valence-corrected chi connectivity index (χ0v) is 25.7. The minimum Gasteiger partial charge on any atom is -0.497 e. The van der Waals surface area contributed by atoms with Crippen LogP contribution in [0.2, 0.25) is 5.02 Å². The molecule has 3 rings (SSSR count). The highest BCUT2D eigenvalue weighted by Crippen LogP contribution is 2.28. The fraction of sp³-hybridized carbons (Fsp3) is 0.355. The van der Waals surface area contributed by atoms with E-state index in [-0.39, 0.29) is 29.1 Å². The lowest BCUT2D eigenvalue weighted by Gasteiger charge is -2.34. The Morgan fingerprint density at radius 2 is 1.66 bits per heavy atom. The van der Waals surface area contributed by atoms with Crippen molar-refractivity contribution < 1.29 is 22.7 Å². The molecule has 0 heterocycles. The number of carbonyl (C=O) groups is 2. The molecule has 0 bridgehead atoms. The minimum absolute atomic E-state index is 0.0157. The molecule has 1 N–H and O–H groups in total. The van der Waals surface area contributed by atoms with Gasteiger partial charge in [0.25, 0.3) is 10.0 Å². The molecular weight excluding hydrogens is 562 g/mol. The molecule has 3 aromatic rings. The number of benzene rings is 3. The maximum atomic E-state index is 14.2. The van der Waals surface area contributed by atoms with Gasteiger partial charge in [-0.15, -0.1) is 0 Å². The van der Waals surface area contributed by atoms with Crippen molar-refractivity contribution in [3.05, 3.63) is 88.9 Å². The van der Waals surface area contributed by atoms with E-state index in [2.05, 4.69) is 5.32 Å². The summed E-state index contributed by atoms with van der Waals surface area (Å²) in [5.41, 5.74) is 2.05. The number of anilines is 1. The highest BCUT2D eigenvalue weighted by atomic mass is 35.5. The Morgan fingerprint density at radius 3 is 2.24 bits per heavy atom. The van der Waals surface area contributed by atoms with Gasteiger partial charge in [-0.1, -0.05) is 55.8 Å². The number of aryl methyl sites for hydroxylation is 1. The fourth-order valence-electron chi connectivity index (χ4n) is 4.37. The number of hydrogen-bond acceptors (Lipinski definition) is 5. The van der Waals surface area contributed by atoms with Gasteiger partial charge >= 0.3 is 0 Å². The van der Waals surface area contributed by atoms with Crippen LogP contribution in [0, 0.1) is 6.92 Å². The van der Waals surface area contributed by atoms with Crippen LogP contribution in [-0.2, 0) is 26.2 Å². The molecule has 0 aliphatic heterocycles. The average molecular weight is 600 g/mol. The predicted octanol–water partition coefficient (Wildman–Crippen LogP) is 5.57. The summed E-state index contributed by atoms with van der Waals surface area (Å²) in [7, 11) is -2.72. The van der Waals surface area contributed by atoms with Crippen molar-refractivity contribution in [1.82, 2.24) is 10.2 Å². The van der Waals surface area contributed by atoms with E-state index >= 15 is 0 Å². The topological polar surface area (TPSA) is 96.0 Å². The van der Waals surface area contributed by atoms with Crippen LogP contribution >= 0.6 is 11.6 Å². The number of rotatable bonds is 13. The molecule has 0 aliphatic carbocycles. The van der Waals surface area contributed by atoms with Crippen LogP contribution in [0.25, 0.3) is 0 Å². The van der Waals surface area contributed by atoms with Crippen molar-refractivity contribution >= 4 is 39.1 Å². The summed E-state index contributed by atoms with van der Waals surface area (Å²) in [6.07, 6.45) is 1.08. The maximum absolute atomic E-state index is 14.2. The van der Waals surface area contributed by atoms with Crippen LogP contribution < -0.4 is 14.4 Å². The third-order valence-electron chi connectivity index (χ3n) is 7.01. The minimum atomic E-state index is -4.21. The first-order valence-corrected chi connectivity index (χ1v) is 15.4. The first kappa shape index (κ1) is 32.0. The van der Waals surface area contributed by atoms with E-state index in [0.717, 1.165) is 21.9 Å². The summed E-state index contributed by atoms with van der Waals surface area (Å²) in [5.74, 6) is -0.301. The standard InChI is InChI=1S/C31H38ClN3O5S/c1-6-23(4)33-31(37)29(7-2)34(20-24-12-9-8-11-22(24)3)30(36)21-35(26-14-10-13-25(32)19-26)41(38,39)28-17-15-27(40-5)16-18-28/h8-19,23,29H,6-7,20-21H2,1-5H3,(H,33,37)/t23-,29-/m0/s1. The molecule has 2 amide bonds. The number of nitrogens with one attached hydrogen (secondary N) is 1. The second kappa shape index (κ2) is 14.4. The van der Waals surface area contributed by atoms with Gasteiger partial charge in [-0.3, -0.25) is 13.9 Å². The van der Waals surface area contributed by atoms with E-state index in [1.165, 1.54) is 30.2 Å². The first-order valence-electron chi connectivity index (χ1n) is 13.6. The normalized spacial score (nSPS) is 12.7. The zero-order chi connectivity index (χ0) is 30.2. The number of amides is 2. The van der Waals surface area contributed by atoms with Crippen molar-refractivity contribution in [3.8, 4) is 5.75 Å². The van der Waals surface area contributed by atoms with Gasteiger partial charge in [-0.05, 0) is 80.3 Å². The van der Waals surface area contributed by atoms with Crippen LogP contribution in [0.3, 0.4) is 0 Å². The van der Waals surface area contributed by atoms with Crippen LogP contribution in [0.4, 0.5) is 5.69 Å². The zero-order valence-electron chi connectivity index (χ0n) is 24.1. The number of ether oxygens (including phenoxy) is 1. The van der Waals surface area contributed by atoms with E-state index in [1.807, 2.05) is 52.0 Å². The smallest absolute Gasteiger partial charge is 0.264 e. The monoisotopic (exact) mass is 599 g/mol. The largest absolute Gasteiger partial charge is 0.497 e. The summed E-state index contributed by atoms with van der Waals surface area (Å²) >= 11 is 6.24. The van der Waals surface area contributed by atoms with Gasteiger partial charge in [0.05, 0.1) is 17.7 Å². The number of hydrogen-bond donors (Lipinski definition) is 1. The van der Waals surface area contributed by atoms with Crippen molar-refractivity contribution in [2.75, 3.05) is 18.0 Å². The van der Waals surface area contributed by atoms with Crippen LogP contribution in [0.5, 0.6) is 5.75 Å². The third-order valence-corrected chi connectivity index (χ3v) is 9.03. The molecular formula is C31H38ClN3O5S. The highest BCUT2D eigenvalue weighted by molar-refractivity contribution is 7.92. The van der Waals surface area contributed by atoms with Gasteiger partial charge in [0.2, 0.25) is 11.8 Å². The van der Waals surface area contributed by atoms with Gasteiger partial charge in [-0.25, -0.2) is 8.42 Å². The second-order valence-electron chi connectivity index (χ2n) is 9.86. The van der Waals surface area contributed by atoms with Crippen molar-refractivity contribution in [2.24, 2.45) is 0 Å². The quantitative estimate of drug-likeness (QED) is 0.277. The van der Waals surface area contributed by atoms with E-state index in [9.17, 15) is 18.0 Å².